The molecule has 1 aliphatic rings. The summed E-state index contributed by atoms with van der Waals surface area (Å²) in [6.07, 6.45) is 6.96. The minimum Gasteiger partial charge on any atom is -0.457 e. The second-order valence-electron chi connectivity index (χ2n) is 5.97. The molecule has 1 saturated heterocycles. The number of benzene rings is 1. The van der Waals surface area contributed by atoms with Gasteiger partial charge < -0.3 is 14.7 Å². The van der Waals surface area contributed by atoms with Gasteiger partial charge in [-0.25, -0.2) is 0 Å². The molecule has 5 heteroatoms. The van der Waals surface area contributed by atoms with Crippen LogP contribution in [0.25, 0.3) is 0 Å². The predicted octanol–water partition coefficient (Wildman–Crippen LogP) is 3.25. The zero-order valence-corrected chi connectivity index (χ0v) is 13.6. The first kappa shape index (κ1) is 16.5. The van der Waals surface area contributed by atoms with E-state index in [1.807, 2.05) is 23.1 Å². The first-order chi connectivity index (χ1) is 11.8. The van der Waals surface area contributed by atoms with E-state index in [0.717, 1.165) is 32.2 Å². The van der Waals surface area contributed by atoms with Gasteiger partial charge in [0.05, 0.1) is 0 Å². The Morgan fingerprint density at radius 2 is 2.08 bits per heavy atom. The van der Waals surface area contributed by atoms with Gasteiger partial charge in [0.1, 0.15) is 11.5 Å². The van der Waals surface area contributed by atoms with Crippen molar-refractivity contribution in [1.29, 1.82) is 0 Å². The number of carbonyl (C=O) groups is 1. The normalized spacial score (nSPS) is 17.0. The quantitative estimate of drug-likeness (QED) is 0.885. The second-order valence-corrected chi connectivity index (χ2v) is 5.97. The molecule has 0 spiro atoms. The van der Waals surface area contributed by atoms with Crippen LogP contribution in [0.1, 0.15) is 36.0 Å². The zero-order chi connectivity index (χ0) is 16.8. The van der Waals surface area contributed by atoms with Gasteiger partial charge >= 0.3 is 0 Å². The molecule has 126 valence electrons. The van der Waals surface area contributed by atoms with E-state index in [-0.39, 0.29) is 18.6 Å². The summed E-state index contributed by atoms with van der Waals surface area (Å²) in [6, 6.07) is 11.1. The van der Waals surface area contributed by atoms with Crippen LogP contribution in [-0.2, 0) is 0 Å². The number of carbonyl (C=O) groups excluding carboxylic acids is 1. The van der Waals surface area contributed by atoms with Crippen LogP contribution in [0.5, 0.6) is 11.5 Å². The van der Waals surface area contributed by atoms with Crippen molar-refractivity contribution in [3.05, 3.63) is 54.4 Å². The van der Waals surface area contributed by atoms with E-state index in [4.69, 9.17) is 9.84 Å². The molecule has 1 aromatic carbocycles. The van der Waals surface area contributed by atoms with Crippen LogP contribution >= 0.6 is 0 Å². The van der Waals surface area contributed by atoms with E-state index in [0.29, 0.717) is 17.1 Å². The number of nitrogens with zero attached hydrogens (tertiary/aromatic N) is 2. The lowest BCUT2D eigenvalue weighted by atomic mass is 10.1. The van der Waals surface area contributed by atoms with E-state index < -0.39 is 0 Å². The SMILES string of the molecule is O=C(c1cccc(Oc2ccncc2)c1)N1CCCC1CCCO. The molecule has 0 saturated carbocycles. The number of ether oxygens (including phenoxy) is 1. The maximum atomic E-state index is 12.8. The van der Waals surface area contributed by atoms with Crippen LogP contribution in [0, 0.1) is 0 Å². The smallest absolute Gasteiger partial charge is 0.254 e. The number of pyridine rings is 1. The summed E-state index contributed by atoms with van der Waals surface area (Å²) in [5.41, 5.74) is 0.637. The molecule has 24 heavy (non-hydrogen) atoms. The molecule has 1 aromatic heterocycles. The van der Waals surface area contributed by atoms with Crippen molar-refractivity contribution in [1.82, 2.24) is 9.88 Å². The first-order valence-corrected chi connectivity index (χ1v) is 8.37. The fraction of sp³-hybridized carbons (Fsp3) is 0.368. The molecule has 1 fully saturated rings. The lowest BCUT2D eigenvalue weighted by Crippen LogP contribution is -2.35. The van der Waals surface area contributed by atoms with Gasteiger partial charge in [0.2, 0.25) is 0 Å². The van der Waals surface area contributed by atoms with Crippen LogP contribution < -0.4 is 4.74 Å². The molecule has 0 aliphatic carbocycles. The average molecular weight is 326 g/mol. The van der Waals surface area contributed by atoms with Crippen LogP contribution in [0.3, 0.4) is 0 Å². The maximum Gasteiger partial charge on any atom is 0.254 e. The van der Waals surface area contributed by atoms with Gasteiger partial charge in [0.15, 0.2) is 0 Å². The second kappa shape index (κ2) is 7.93. The summed E-state index contributed by atoms with van der Waals surface area (Å²) >= 11 is 0. The zero-order valence-electron chi connectivity index (χ0n) is 13.6. The standard InChI is InChI=1S/C19H22N2O3/c22-13-3-6-16-5-2-12-21(16)19(23)15-4-1-7-18(14-15)24-17-8-10-20-11-9-17/h1,4,7-11,14,16,22H,2-3,5-6,12-13H2. The van der Waals surface area contributed by atoms with Crippen molar-refractivity contribution < 1.29 is 14.6 Å². The summed E-state index contributed by atoms with van der Waals surface area (Å²) in [7, 11) is 0. The van der Waals surface area contributed by atoms with Gasteiger partial charge in [-0.3, -0.25) is 9.78 Å². The number of hydrogen-bond acceptors (Lipinski definition) is 4. The number of likely N-dealkylation sites (tertiary alicyclic amines) is 1. The topological polar surface area (TPSA) is 62.7 Å². The van der Waals surface area contributed by atoms with Gasteiger partial charge in [0.25, 0.3) is 5.91 Å². The summed E-state index contributed by atoms with van der Waals surface area (Å²) in [5, 5.41) is 9.02. The van der Waals surface area contributed by atoms with Crippen molar-refractivity contribution in [2.24, 2.45) is 0 Å². The number of rotatable bonds is 6. The van der Waals surface area contributed by atoms with Gasteiger partial charge in [-0.1, -0.05) is 6.07 Å². The Morgan fingerprint density at radius 1 is 1.25 bits per heavy atom. The van der Waals surface area contributed by atoms with Crippen LogP contribution in [0.2, 0.25) is 0 Å². The molecule has 1 atom stereocenters. The molecule has 0 bridgehead atoms. The monoisotopic (exact) mass is 326 g/mol. The van der Waals surface area contributed by atoms with Gasteiger partial charge in [-0.2, -0.15) is 0 Å². The molecular formula is C19H22N2O3. The highest BCUT2D eigenvalue weighted by Gasteiger charge is 2.29. The number of aromatic nitrogens is 1. The molecule has 2 aromatic rings. The summed E-state index contributed by atoms with van der Waals surface area (Å²) < 4.78 is 5.78. The van der Waals surface area contributed by atoms with E-state index in [1.165, 1.54) is 0 Å². The number of amides is 1. The fourth-order valence-corrected chi connectivity index (χ4v) is 3.13. The Bertz CT molecular complexity index is 675. The Morgan fingerprint density at radius 3 is 2.88 bits per heavy atom. The average Bonchev–Trinajstić information content (AvgIpc) is 3.09. The highest BCUT2D eigenvalue weighted by atomic mass is 16.5. The fourth-order valence-electron chi connectivity index (χ4n) is 3.13. The lowest BCUT2D eigenvalue weighted by molar-refractivity contribution is 0.0724. The summed E-state index contributed by atoms with van der Waals surface area (Å²) in [6.45, 7) is 0.957. The lowest BCUT2D eigenvalue weighted by Gasteiger charge is -2.24. The van der Waals surface area contributed by atoms with Gasteiger partial charge in [-0.05, 0) is 56.0 Å². The third-order valence-corrected chi connectivity index (χ3v) is 4.30. The first-order valence-electron chi connectivity index (χ1n) is 8.37. The molecule has 0 radical (unpaired) electrons. The van der Waals surface area contributed by atoms with E-state index in [1.54, 1.807) is 30.6 Å². The molecule has 1 amide bonds. The van der Waals surface area contributed by atoms with E-state index >= 15 is 0 Å². The van der Waals surface area contributed by atoms with Crippen molar-refractivity contribution in [3.63, 3.8) is 0 Å². The Hall–Kier alpha value is -2.40. The molecule has 1 unspecified atom stereocenters. The Kier molecular flexibility index (Phi) is 5.43. The number of aliphatic hydroxyl groups is 1. The molecule has 1 aliphatic heterocycles. The van der Waals surface area contributed by atoms with Crippen LogP contribution in [-0.4, -0.2) is 40.1 Å². The van der Waals surface area contributed by atoms with Gasteiger partial charge in [-0.15, -0.1) is 0 Å². The van der Waals surface area contributed by atoms with Crippen molar-refractivity contribution in [2.45, 2.75) is 31.7 Å². The Labute approximate surface area is 141 Å². The van der Waals surface area contributed by atoms with E-state index in [9.17, 15) is 4.79 Å². The summed E-state index contributed by atoms with van der Waals surface area (Å²) in [4.78, 5) is 18.7. The molecule has 3 rings (SSSR count). The highest BCUT2D eigenvalue weighted by molar-refractivity contribution is 5.95. The van der Waals surface area contributed by atoms with Gasteiger partial charge in [0, 0.05) is 37.2 Å². The molecule has 2 heterocycles. The minimum absolute atomic E-state index is 0.0376. The molecular weight excluding hydrogens is 304 g/mol. The number of hydrogen-bond donors (Lipinski definition) is 1. The van der Waals surface area contributed by atoms with Crippen LogP contribution in [0.4, 0.5) is 0 Å². The van der Waals surface area contributed by atoms with Crippen molar-refractivity contribution >= 4 is 5.91 Å². The Balaban J connectivity index is 1.72. The maximum absolute atomic E-state index is 12.8. The minimum atomic E-state index is 0.0376. The van der Waals surface area contributed by atoms with Crippen LogP contribution in [0.15, 0.2) is 48.8 Å². The summed E-state index contributed by atoms with van der Waals surface area (Å²) in [5.74, 6) is 1.37. The third-order valence-electron chi connectivity index (χ3n) is 4.30. The third kappa shape index (κ3) is 3.92. The predicted molar refractivity (Wildman–Crippen MR) is 91.1 cm³/mol. The largest absolute Gasteiger partial charge is 0.457 e. The molecule has 1 N–H and O–H groups in total. The molecule has 5 nitrogen and oxygen atoms in total. The highest BCUT2D eigenvalue weighted by Crippen LogP contribution is 2.26. The number of aliphatic hydroxyl groups excluding tert-OH is 1. The van der Waals surface area contributed by atoms with Crippen molar-refractivity contribution in [2.75, 3.05) is 13.2 Å². The van der Waals surface area contributed by atoms with E-state index in [2.05, 4.69) is 4.98 Å². The van der Waals surface area contributed by atoms with Crippen molar-refractivity contribution in [3.8, 4) is 11.5 Å².